The van der Waals surface area contributed by atoms with Crippen molar-refractivity contribution < 1.29 is 4.79 Å². The van der Waals surface area contributed by atoms with Gasteiger partial charge in [-0.2, -0.15) is 5.10 Å². The molecule has 0 aromatic carbocycles. The van der Waals surface area contributed by atoms with Gasteiger partial charge < -0.3 is 16.0 Å². The summed E-state index contributed by atoms with van der Waals surface area (Å²) < 4.78 is 0. The van der Waals surface area contributed by atoms with Crippen LogP contribution in [0.3, 0.4) is 0 Å². The molecule has 0 saturated carbocycles. The minimum atomic E-state index is -0.315. The number of carbonyl (C=O) groups excluding carboxylic acids is 1. The fourth-order valence-electron chi connectivity index (χ4n) is 2.05. The van der Waals surface area contributed by atoms with Crippen LogP contribution >= 0.6 is 0 Å². The minimum Gasteiger partial charge on any atom is -0.383 e. The summed E-state index contributed by atoms with van der Waals surface area (Å²) in [6, 6.07) is 1.80. The molecule has 21 heavy (non-hydrogen) atoms. The lowest BCUT2D eigenvalue weighted by Crippen LogP contribution is -2.12. The number of aromatic nitrogens is 5. The molecule has 3 rings (SSSR count). The maximum Gasteiger partial charge on any atom is 0.259 e. The summed E-state index contributed by atoms with van der Waals surface area (Å²) >= 11 is 0. The average molecular weight is 285 g/mol. The molecule has 0 saturated heterocycles. The van der Waals surface area contributed by atoms with Crippen molar-refractivity contribution in [3.63, 3.8) is 0 Å². The molecule has 0 fully saturated rings. The van der Waals surface area contributed by atoms with E-state index in [-0.39, 0.29) is 11.7 Å². The van der Waals surface area contributed by atoms with Crippen LogP contribution < -0.4 is 11.1 Å². The second kappa shape index (κ2) is 4.89. The Morgan fingerprint density at radius 1 is 1.38 bits per heavy atom. The van der Waals surface area contributed by atoms with Gasteiger partial charge in [0.2, 0.25) is 0 Å². The van der Waals surface area contributed by atoms with Crippen molar-refractivity contribution in [1.82, 2.24) is 25.1 Å². The van der Waals surface area contributed by atoms with Crippen molar-refractivity contribution in [2.24, 2.45) is 0 Å². The third-order valence-corrected chi connectivity index (χ3v) is 3.21. The van der Waals surface area contributed by atoms with Crippen LogP contribution in [0.5, 0.6) is 0 Å². The SMILES string of the molecule is CC(C)c1cc(NC(=O)c2c[nH]c3ncnc(N)c23)n[nH]1. The summed E-state index contributed by atoms with van der Waals surface area (Å²) in [5, 5.41) is 10.2. The molecule has 5 N–H and O–H groups in total. The third-order valence-electron chi connectivity index (χ3n) is 3.21. The average Bonchev–Trinajstić information content (AvgIpc) is 3.05. The lowest BCUT2D eigenvalue weighted by atomic mass is 10.1. The van der Waals surface area contributed by atoms with Crippen LogP contribution in [0.15, 0.2) is 18.6 Å². The van der Waals surface area contributed by atoms with Gasteiger partial charge in [0.1, 0.15) is 17.8 Å². The van der Waals surface area contributed by atoms with Gasteiger partial charge >= 0.3 is 0 Å². The van der Waals surface area contributed by atoms with E-state index >= 15 is 0 Å². The Bertz CT molecular complexity index is 802. The van der Waals surface area contributed by atoms with Gasteiger partial charge in [-0.1, -0.05) is 13.8 Å². The second-order valence-electron chi connectivity index (χ2n) is 5.00. The molecule has 0 atom stereocenters. The Hall–Kier alpha value is -2.90. The van der Waals surface area contributed by atoms with Gasteiger partial charge in [0.25, 0.3) is 5.91 Å². The van der Waals surface area contributed by atoms with Crippen LogP contribution in [0, 0.1) is 0 Å². The highest BCUT2D eigenvalue weighted by atomic mass is 16.1. The first-order valence-corrected chi connectivity index (χ1v) is 6.50. The number of anilines is 2. The van der Waals surface area contributed by atoms with E-state index in [9.17, 15) is 4.79 Å². The van der Waals surface area contributed by atoms with Gasteiger partial charge in [0.15, 0.2) is 5.82 Å². The van der Waals surface area contributed by atoms with Crippen molar-refractivity contribution in [1.29, 1.82) is 0 Å². The molecule has 3 aromatic rings. The number of H-pyrrole nitrogens is 2. The van der Waals surface area contributed by atoms with Gasteiger partial charge in [0.05, 0.1) is 10.9 Å². The van der Waals surface area contributed by atoms with Crippen molar-refractivity contribution in [3.8, 4) is 0 Å². The number of nitrogens with two attached hydrogens (primary N) is 1. The zero-order chi connectivity index (χ0) is 15.0. The Balaban J connectivity index is 1.90. The van der Waals surface area contributed by atoms with Crippen LogP contribution in [0.4, 0.5) is 11.6 Å². The molecule has 0 aliphatic carbocycles. The van der Waals surface area contributed by atoms with E-state index in [1.165, 1.54) is 6.33 Å². The van der Waals surface area contributed by atoms with Crippen LogP contribution in [0.2, 0.25) is 0 Å². The Morgan fingerprint density at radius 2 is 2.19 bits per heavy atom. The smallest absolute Gasteiger partial charge is 0.259 e. The predicted molar refractivity (Wildman–Crippen MR) is 78.9 cm³/mol. The molecule has 3 heterocycles. The highest BCUT2D eigenvalue weighted by molar-refractivity contribution is 6.14. The number of hydrogen-bond acceptors (Lipinski definition) is 5. The van der Waals surface area contributed by atoms with E-state index in [4.69, 9.17) is 5.73 Å². The lowest BCUT2D eigenvalue weighted by molar-refractivity contribution is 0.102. The summed E-state index contributed by atoms with van der Waals surface area (Å²) in [7, 11) is 0. The van der Waals surface area contributed by atoms with Gasteiger partial charge in [-0.3, -0.25) is 9.89 Å². The molecular formula is C13H15N7O. The number of nitrogens with zero attached hydrogens (tertiary/aromatic N) is 3. The number of amides is 1. The fourth-order valence-corrected chi connectivity index (χ4v) is 2.05. The maximum atomic E-state index is 12.3. The first-order valence-electron chi connectivity index (χ1n) is 6.50. The minimum absolute atomic E-state index is 0.260. The molecular weight excluding hydrogens is 270 g/mol. The van der Waals surface area contributed by atoms with Crippen LogP contribution in [0.1, 0.15) is 35.8 Å². The second-order valence-corrected chi connectivity index (χ2v) is 5.00. The van der Waals surface area contributed by atoms with E-state index in [0.29, 0.717) is 28.3 Å². The number of rotatable bonds is 3. The summed E-state index contributed by atoms with van der Waals surface area (Å²) in [5.74, 6) is 0.717. The fraction of sp³-hybridized carbons (Fsp3) is 0.231. The van der Waals surface area contributed by atoms with Crippen molar-refractivity contribution >= 4 is 28.6 Å². The third kappa shape index (κ3) is 2.31. The standard InChI is InChI=1S/C13H15N7O/c1-6(2)8-3-9(20-19-8)18-13(21)7-4-15-12-10(7)11(14)16-5-17-12/h3-6H,1-2H3,(H3,14,15,16,17)(H2,18,19,20,21). The molecule has 8 nitrogen and oxygen atoms in total. The molecule has 0 bridgehead atoms. The molecule has 0 unspecified atom stereocenters. The molecule has 1 amide bonds. The van der Waals surface area contributed by atoms with E-state index < -0.39 is 0 Å². The highest BCUT2D eigenvalue weighted by Crippen LogP contribution is 2.22. The number of aromatic amines is 2. The van der Waals surface area contributed by atoms with E-state index in [2.05, 4.69) is 30.5 Å². The van der Waals surface area contributed by atoms with Gasteiger partial charge in [0, 0.05) is 18.0 Å². The van der Waals surface area contributed by atoms with Gasteiger partial charge in [-0.15, -0.1) is 0 Å². The number of nitrogen functional groups attached to an aromatic ring is 1. The number of nitrogens with one attached hydrogen (secondary N) is 3. The van der Waals surface area contributed by atoms with Gasteiger partial charge in [-0.25, -0.2) is 9.97 Å². The summed E-state index contributed by atoms with van der Waals surface area (Å²) in [6.07, 6.45) is 2.90. The van der Waals surface area contributed by atoms with Gasteiger partial charge in [-0.05, 0) is 5.92 Å². The first-order chi connectivity index (χ1) is 10.1. The van der Waals surface area contributed by atoms with E-state index in [1.807, 2.05) is 13.8 Å². The molecule has 0 radical (unpaired) electrons. The maximum absolute atomic E-state index is 12.3. The summed E-state index contributed by atoms with van der Waals surface area (Å²) in [6.45, 7) is 4.08. The molecule has 3 aromatic heterocycles. The topological polar surface area (TPSA) is 125 Å². The summed E-state index contributed by atoms with van der Waals surface area (Å²) in [5.41, 5.74) is 7.67. The first kappa shape index (κ1) is 13.1. The lowest BCUT2D eigenvalue weighted by Gasteiger charge is -2.01. The normalized spacial score (nSPS) is 11.2. The Kier molecular flexibility index (Phi) is 3.05. The Morgan fingerprint density at radius 3 is 2.90 bits per heavy atom. The van der Waals surface area contributed by atoms with Crippen LogP contribution in [-0.4, -0.2) is 31.1 Å². The molecule has 0 spiro atoms. The zero-order valence-corrected chi connectivity index (χ0v) is 11.6. The molecule has 0 aliphatic heterocycles. The quantitative estimate of drug-likeness (QED) is 0.582. The number of carbonyl (C=O) groups is 1. The monoisotopic (exact) mass is 285 g/mol. The van der Waals surface area contributed by atoms with E-state index in [1.54, 1.807) is 12.3 Å². The summed E-state index contributed by atoms with van der Waals surface area (Å²) in [4.78, 5) is 23.2. The highest BCUT2D eigenvalue weighted by Gasteiger charge is 2.17. The largest absolute Gasteiger partial charge is 0.383 e. The molecule has 108 valence electrons. The molecule has 0 aliphatic rings. The Labute approximate surface area is 120 Å². The number of hydrogen-bond donors (Lipinski definition) is 4. The van der Waals surface area contributed by atoms with Crippen molar-refractivity contribution in [3.05, 3.63) is 29.8 Å². The van der Waals surface area contributed by atoms with Crippen molar-refractivity contribution in [2.75, 3.05) is 11.1 Å². The number of fused-ring (bicyclic) bond motifs is 1. The van der Waals surface area contributed by atoms with Crippen molar-refractivity contribution in [2.45, 2.75) is 19.8 Å². The molecule has 8 heteroatoms. The predicted octanol–water partition coefficient (Wildman–Crippen LogP) is 1.64. The van der Waals surface area contributed by atoms with Crippen LogP contribution in [-0.2, 0) is 0 Å². The van der Waals surface area contributed by atoms with E-state index in [0.717, 1.165) is 5.69 Å². The van der Waals surface area contributed by atoms with Crippen LogP contribution in [0.25, 0.3) is 11.0 Å². The zero-order valence-electron chi connectivity index (χ0n) is 11.6.